The van der Waals surface area contributed by atoms with Crippen LogP contribution in [0.1, 0.15) is 13.3 Å². The average molecular weight is 205 g/mol. The minimum atomic E-state index is -0.778. The summed E-state index contributed by atoms with van der Waals surface area (Å²) < 4.78 is 0. The number of nitrogens with one attached hydrogen (secondary N) is 2. The molecule has 0 aromatic carbocycles. The number of carboxylic acid groups (broad SMARTS) is 1. The predicted octanol–water partition coefficient (Wildman–Crippen LogP) is 0.0659. The number of carbonyl (C=O) groups is 1. The molecule has 0 aliphatic rings. The van der Waals surface area contributed by atoms with Gasteiger partial charge in [0.2, 0.25) is 0 Å². The molecule has 0 heterocycles. The number of rotatable bonds is 6. The lowest BCUT2D eigenvalue weighted by atomic mass is 10.5. The maximum atomic E-state index is 10.2. The molecule has 13 heavy (non-hydrogen) atoms. The van der Waals surface area contributed by atoms with E-state index in [4.69, 9.17) is 16.2 Å². The molecule has 0 saturated heterocycles. The first-order chi connectivity index (χ1) is 6.02. The van der Waals surface area contributed by atoms with Gasteiger partial charge in [0.1, 0.15) is 0 Å². The van der Waals surface area contributed by atoms with Gasteiger partial charge < -0.3 is 16.2 Å². The zero-order valence-corrected chi connectivity index (χ0v) is 8.36. The van der Waals surface area contributed by atoms with Crippen LogP contribution >= 0.6 is 11.8 Å². The van der Waals surface area contributed by atoms with E-state index >= 15 is 0 Å². The Kier molecular flexibility index (Phi) is 6.13. The number of aliphatic carboxylic acids is 1. The zero-order valence-electron chi connectivity index (χ0n) is 7.54. The van der Waals surface area contributed by atoms with E-state index in [0.717, 1.165) is 0 Å². The van der Waals surface area contributed by atoms with Crippen molar-refractivity contribution in [2.75, 3.05) is 12.3 Å². The predicted molar refractivity (Wildman–Crippen MR) is 54.1 cm³/mol. The first-order valence-electron chi connectivity index (χ1n) is 3.93. The molecule has 0 spiro atoms. The molecule has 0 rings (SSSR count). The standard InChI is InChI=1S/C7H15N3O2S/c1-5(4-10-7(8)9)13-3-2-6(11)12/h5H,2-4H2,1H3,(H,11,12)(H4,8,9,10). The van der Waals surface area contributed by atoms with Gasteiger partial charge in [-0.2, -0.15) is 11.8 Å². The molecule has 6 heteroatoms. The number of guanidine groups is 1. The van der Waals surface area contributed by atoms with Gasteiger partial charge in [-0.05, 0) is 0 Å². The normalized spacial score (nSPS) is 12.1. The summed E-state index contributed by atoms with van der Waals surface area (Å²) >= 11 is 1.55. The average Bonchev–Trinajstić information content (AvgIpc) is 2.00. The van der Waals surface area contributed by atoms with Crippen molar-refractivity contribution in [1.82, 2.24) is 5.32 Å². The summed E-state index contributed by atoms with van der Waals surface area (Å²) in [6, 6.07) is 0. The Balaban J connectivity index is 3.35. The van der Waals surface area contributed by atoms with Crippen LogP contribution in [0.15, 0.2) is 0 Å². The smallest absolute Gasteiger partial charge is 0.304 e. The van der Waals surface area contributed by atoms with Gasteiger partial charge in [0.15, 0.2) is 5.96 Å². The Morgan fingerprint density at radius 1 is 1.77 bits per heavy atom. The molecule has 0 aliphatic carbocycles. The fourth-order valence-corrected chi connectivity index (χ4v) is 1.56. The number of thioether (sulfide) groups is 1. The summed E-state index contributed by atoms with van der Waals surface area (Å²) in [5.74, 6) is -0.235. The largest absolute Gasteiger partial charge is 0.481 e. The third kappa shape index (κ3) is 9.00. The number of hydrogen-bond acceptors (Lipinski definition) is 3. The van der Waals surface area contributed by atoms with Gasteiger partial charge in [-0.1, -0.05) is 6.92 Å². The molecule has 1 unspecified atom stereocenters. The second-order valence-corrected chi connectivity index (χ2v) is 4.17. The highest BCUT2D eigenvalue weighted by atomic mass is 32.2. The van der Waals surface area contributed by atoms with Gasteiger partial charge in [0, 0.05) is 17.5 Å². The van der Waals surface area contributed by atoms with Gasteiger partial charge in [-0.25, -0.2) is 0 Å². The van der Waals surface area contributed by atoms with Crippen LogP contribution in [0.3, 0.4) is 0 Å². The number of hydrogen-bond donors (Lipinski definition) is 4. The van der Waals surface area contributed by atoms with Crippen molar-refractivity contribution in [2.45, 2.75) is 18.6 Å². The Morgan fingerprint density at radius 2 is 2.38 bits per heavy atom. The van der Waals surface area contributed by atoms with Gasteiger partial charge in [0.25, 0.3) is 0 Å². The van der Waals surface area contributed by atoms with E-state index in [1.807, 2.05) is 6.92 Å². The lowest BCUT2D eigenvalue weighted by molar-refractivity contribution is -0.136. The topological polar surface area (TPSA) is 99.2 Å². The first-order valence-corrected chi connectivity index (χ1v) is 4.98. The lowest BCUT2D eigenvalue weighted by Crippen LogP contribution is -2.34. The molecule has 76 valence electrons. The van der Waals surface area contributed by atoms with Crippen LogP contribution in [0.5, 0.6) is 0 Å². The molecule has 0 amide bonds. The molecule has 0 bridgehead atoms. The minimum absolute atomic E-state index is 0.0503. The van der Waals surface area contributed by atoms with E-state index < -0.39 is 5.97 Å². The zero-order chi connectivity index (χ0) is 10.3. The van der Waals surface area contributed by atoms with E-state index in [1.54, 1.807) is 11.8 Å². The first kappa shape index (κ1) is 12.1. The Labute approximate surface area is 81.6 Å². The van der Waals surface area contributed by atoms with Gasteiger partial charge in [0.05, 0.1) is 6.42 Å². The summed E-state index contributed by atoms with van der Waals surface area (Å²) in [5.41, 5.74) is 5.09. The van der Waals surface area contributed by atoms with Gasteiger partial charge in [-0.15, -0.1) is 0 Å². The molecular formula is C7H15N3O2S. The SMILES string of the molecule is CC(CNC(=N)N)SCCC(=O)O. The third-order valence-corrected chi connectivity index (χ3v) is 2.47. The highest BCUT2D eigenvalue weighted by Gasteiger charge is 2.04. The highest BCUT2D eigenvalue weighted by molar-refractivity contribution is 7.99. The molecule has 0 aromatic rings. The van der Waals surface area contributed by atoms with Crippen molar-refractivity contribution in [3.05, 3.63) is 0 Å². The molecule has 0 saturated carbocycles. The second-order valence-electron chi connectivity index (χ2n) is 2.62. The molecule has 0 fully saturated rings. The molecule has 0 aliphatic heterocycles. The summed E-state index contributed by atoms with van der Waals surface area (Å²) in [6.07, 6.45) is 0.176. The van der Waals surface area contributed by atoms with Crippen LogP contribution in [0, 0.1) is 5.41 Å². The minimum Gasteiger partial charge on any atom is -0.481 e. The molecule has 5 N–H and O–H groups in total. The van der Waals surface area contributed by atoms with Crippen LogP contribution in [-0.4, -0.2) is 34.6 Å². The maximum absolute atomic E-state index is 10.2. The highest BCUT2D eigenvalue weighted by Crippen LogP contribution is 2.10. The Bertz CT molecular complexity index is 187. The summed E-state index contributed by atoms with van der Waals surface area (Å²) in [6.45, 7) is 2.56. The molecule has 1 atom stereocenters. The molecule has 5 nitrogen and oxygen atoms in total. The quantitative estimate of drug-likeness (QED) is 0.363. The van der Waals surface area contributed by atoms with E-state index in [1.165, 1.54) is 0 Å². The van der Waals surface area contributed by atoms with Crippen molar-refractivity contribution in [3.63, 3.8) is 0 Å². The fourth-order valence-electron chi connectivity index (χ4n) is 0.660. The Hall–Kier alpha value is -0.910. The van der Waals surface area contributed by atoms with E-state index in [0.29, 0.717) is 12.3 Å². The van der Waals surface area contributed by atoms with E-state index in [-0.39, 0.29) is 17.6 Å². The van der Waals surface area contributed by atoms with E-state index in [9.17, 15) is 4.79 Å². The van der Waals surface area contributed by atoms with Crippen molar-refractivity contribution >= 4 is 23.7 Å². The third-order valence-electron chi connectivity index (χ3n) is 1.30. The summed E-state index contributed by atoms with van der Waals surface area (Å²) in [5, 5.41) is 18.2. The van der Waals surface area contributed by atoms with Crippen molar-refractivity contribution < 1.29 is 9.90 Å². The molecular weight excluding hydrogens is 190 g/mol. The van der Waals surface area contributed by atoms with Crippen LogP contribution < -0.4 is 11.1 Å². The Morgan fingerprint density at radius 3 is 2.85 bits per heavy atom. The van der Waals surface area contributed by atoms with Crippen LogP contribution in [0.4, 0.5) is 0 Å². The lowest BCUT2D eigenvalue weighted by Gasteiger charge is -2.10. The van der Waals surface area contributed by atoms with Crippen LogP contribution in [-0.2, 0) is 4.79 Å². The van der Waals surface area contributed by atoms with Crippen molar-refractivity contribution in [1.29, 1.82) is 5.41 Å². The van der Waals surface area contributed by atoms with Crippen molar-refractivity contribution in [3.8, 4) is 0 Å². The van der Waals surface area contributed by atoms with Gasteiger partial charge in [-0.3, -0.25) is 10.2 Å². The van der Waals surface area contributed by atoms with Gasteiger partial charge >= 0.3 is 5.97 Å². The molecule has 0 aromatic heterocycles. The molecule has 0 radical (unpaired) electrons. The second kappa shape index (κ2) is 6.59. The monoisotopic (exact) mass is 205 g/mol. The summed E-state index contributed by atoms with van der Waals surface area (Å²) in [7, 11) is 0. The number of carboxylic acids is 1. The van der Waals surface area contributed by atoms with Crippen LogP contribution in [0.25, 0.3) is 0 Å². The van der Waals surface area contributed by atoms with E-state index in [2.05, 4.69) is 5.32 Å². The fraction of sp³-hybridized carbons (Fsp3) is 0.714. The number of nitrogens with two attached hydrogens (primary N) is 1. The van der Waals surface area contributed by atoms with Crippen molar-refractivity contribution in [2.24, 2.45) is 5.73 Å². The summed E-state index contributed by atoms with van der Waals surface area (Å²) in [4.78, 5) is 10.2. The van der Waals surface area contributed by atoms with Crippen LogP contribution in [0.2, 0.25) is 0 Å². The maximum Gasteiger partial charge on any atom is 0.304 e.